The summed E-state index contributed by atoms with van der Waals surface area (Å²) in [5.74, 6) is 1.31. The lowest BCUT2D eigenvalue weighted by atomic mass is 10.1. The molecule has 0 saturated carbocycles. The van der Waals surface area contributed by atoms with E-state index in [1.807, 2.05) is 13.1 Å². The van der Waals surface area contributed by atoms with Crippen LogP contribution in [0.15, 0.2) is 6.20 Å². The molecule has 2 N–H and O–H groups in total. The SMILES string of the molecule is Cc1ncc(C(C)CCO)[nH]1. The number of hydrogen-bond acceptors (Lipinski definition) is 2. The number of aryl methyl sites for hydroxylation is 1. The maximum Gasteiger partial charge on any atom is 0.103 e. The number of aliphatic hydroxyl groups is 1. The lowest BCUT2D eigenvalue weighted by molar-refractivity contribution is 0.278. The zero-order valence-corrected chi connectivity index (χ0v) is 6.96. The highest BCUT2D eigenvalue weighted by molar-refractivity contribution is 5.05. The number of aliphatic hydroxyl groups excluding tert-OH is 1. The molecule has 0 aromatic carbocycles. The summed E-state index contributed by atoms with van der Waals surface area (Å²) in [6.07, 6.45) is 2.62. The molecular formula is C8H14N2O. The zero-order valence-electron chi connectivity index (χ0n) is 6.96. The first-order valence-corrected chi connectivity index (χ1v) is 3.86. The molecule has 3 nitrogen and oxygen atoms in total. The van der Waals surface area contributed by atoms with Crippen LogP contribution < -0.4 is 0 Å². The van der Waals surface area contributed by atoms with Gasteiger partial charge in [-0.15, -0.1) is 0 Å². The third-order valence-electron chi connectivity index (χ3n) is 1.82. The van der Waals surface area contributed by atoms with Crippen LogP contribution in [0.1, 0.15) is 30.8 Å². The second kappa shape index (κ2) is 3.53. The summed E-state index contributed by atoms with van der Waals surface area (Å²) in [4.78, 5) is 7.22. The van der Waals surface area contributed by atoms with Crippen LogP contribution in [-0.4, -0.2) is 21.7 Å². The van der Waals surface area contributed by atoms with E-state index in [4.69, 9.17) is 5.11 Å². The van der Waals surface area contributed by atoms with E-state index in [-0.39, 0.29) is 6.61 Å². The number of aromatic nitrogens is 2. The van der Waals surface area contributed by atoms with Gasteiger partial charge in [0.15, 0.2) is 0 Å². The van der Waals surface area contributed by atoms with Gasteiger partial charge in [0.25, 0.3) is 0 Å². The molecule has 0 aliphatic rings. The Morgan fingerprint density at radius 2 is 2.45 bits per heavy atom. The van der Waals surface area contributed by atoms with E-state index >= 15 is 0 Å². The molecule has 1 aromatic rings. The Balaban J connectivity index is 2.60. The number of hydrogen-bond donors (Lipinski definition) is 2. The van der Waals surface area contributed by atoms with Crippen molar-refractivity contribution in [2.24, 2.45) is 0 Å². The van der Waals surface area contributed by atoms with Crippen molar-refractivity contribution in [2.75, 3.05) is 6.61 Å². The fourth-order valence-corrected chi connectivity index (χ4v) is 1.04. The van der Waals surface area contributed by atoms with Crippen molar-refractivity contribution in [1.29, 1.82) is 0 Å². The molecule has 1 unspecified atom stereocenters. The minimum atomic E-state index is 0.235. The zero-order chi connectivity index (χ0) is 8.27. The second-order valence-electron chi connectivity index (χ2n) is 2.84. The highest BCUT2D eigenvalue weighted by Crippen LogP contribution is 2.15. The average molecular weight is 154 g/mol. The van der Waals surface area contributed by atoms with Crippen LogP contribution in [0.25, 0.3) is 0 Å². The molecule has 0 bridgehead atoms. The van der Waals surface area contributed by atoms with Crippen LogP contribution in [0, 0.1) is 6.92 Å². The van der Waals surface area contributed by atoms with Crippen molar-refractivity contribution < 1.29 is 5.11 Å². The molecule has 1 rings (SSSR count). The van der Waals surface area contributed by atoms with Crippen LogP contribution in [0.2, 0.25) is 0 Å². The highest BCUT2D eigenvalue weighted by atomic mass is 16.3. The minimum absolute atomic E-state index is 0.235. The molecule has 0 saturated heterocycles. The van der Waals surface area contributed by atoms with Gasteiger partial charge in [0.05, 0.1) is 0 Å². The number of imidazole rings is 1. The Bertz CT molecular complexity index is 220. The molecule has 0 aliphatic carbocycles. The van der Waals surface area contributed by atoms with Crippen molar-refractivity contribution in [2.45, 2.75) is 26.2 Å². The highest BCUT2D eigenvalue weighted by Gasteiger charge is 2.05. The van der Waals surface area contributed by atoms with Crippen molar-refractivity contribution in [3.8, 4) is 0 Å². The summed E-state index contributed by atoms with van der Waals surface area (Å²) in [7, 11) is 0. The van der Waals surface area contributed by atoms with Crippen LogP contribution in [0.4, 0.5) is 0 Å². The summed E-state index contributed by atoms with van der Waals surface area (Å²) in [6.45, 7) is 4.23. The second-order valence-corrected chi connectivity index (χ2v) is 2.84. The first-order chi connectivity index (χ1) is 5.24. The van der Waals surface area contributed by atoms with E-state index in [0.717, 1.165) is 17.9 Å². The Hall–Kier alpha value is -0.830. The Labute approximate surface area is 66.5 Å². The maximum absolute atomic E-state index is 8.67. The van der Waals surface area contributed by atoms with Gasteiger partial charge in [-0.2, -0.15) is 0 Å². The van der Waals surface area contributed by atoms with E-state index in [1.54, 1.807) is 0 Å². The third-order valence-corrected chi connectivity index (χ3v) is 1.82. The smallest absolute Gasteiger partial charge is 0.103 e. The van der Waals surface area contributed by atoms with E-state index < -0.39 is 0 Å². The van der Waals surface area contributed by atoms with Gasteiger partial charge in [0.2, 0.25) is 0 Å². The van der Waals surface area contributed by atoms with Gasteiger partial charge in [-0.25, -0.2) is 4.98 Å². The third kappa shape index (κ3) is 2.05. The molecule has 1 aromatic heterocycles. The van der Waals surface area contributed by atoms with Gasteiger partial charge in [-0.05, 0) is 19.3 Å². The molecular weight excluding hydrogens is 140 g/mol. The number of nitrogens with one attached hydrogen (secondary N) is 1. The molecule has 0 amide bonds. The number of nitrogens with zero attached hydrogens (tertiary/aromatic N) is 1. The molecule has 11 heavy (non-hydrogen) atoms. The summed E-state index contributed by atoms with van der Waals surface area (Å²) >= 11 is 0. The van der Waals surface area contributed by atoms with Crippen molar-refractivity contribution in [3.05, 3.63) is 17.7 Å². The minimum Gasteiger partial charge on any atom is -0.396 e. The summed E-state index contributed by atoms with van der Waals surface area (Å²) in [5.41, 5.74) is 1.11. The average Bonchev–Trinajstić information content (AvgIpc) is 2.36. The van der Waals surface area contributed by atoms with Crippen molar-refractivity contribution in [1.82, 2.24) is 9.97 Å². The van der Waals surface area contributed by atoms with E-state index in [9.17, 15) is 0 Å². The van der Waals surface area contributed by atoms with Gasteiger partial charge in [-0.1, -0.05) is 6.92 Å². The first kappa shape index (κ1) is 8.27. The van der Waals surface area contributed by atoms with E-state index in [0.29, 0.717) is 5.92 Å². The summed E-state index contributed by atoms with van der Waals surface area (Å²) < 4.78 is 0. The lowest BCUT2D eigenvalue weighted by Gasteiger charge is -2.04. The number of rotatable bonds is 3. The normalized spacial score (nSPS) is 13.4. The van der Waals surface area contributed by atoms with Gasteiger partial charge >= 0.3 is 0 Å². The maximum atomic E-state index is 8.67. The van der Waals surface area contributed by atoms with Crippen LogP contribution >= 0.6 is 0 Å². The Kier molecular flexibility index (Phi) is 2.65. The first-order valence-electron chi connectivity index (χ1n) is 3.86. The number of aromatic amines is 1. The number of H-pyrrole nitrogens is 1. The van der Waals surface area contributed by atoms with E-state index in [1.165, 1.54) is 0 Å². The summed E-state index contributed by atoms with van der Waals surface area (Å²) in [6, 6.07) is 0. The molecule has 62 valence electrons. The summed E-state index contributed by atoms with van der Waals surface area (Å²) in [5, 5.41) is 8.67. The molecule has 0 aliphatic heterocycles. The van der Waals surface area contributed by atoms with Crippen molar-refractivity contribution >= 4 is 0 Å². The lowest BCUT2D eigenvalue weighted by Crippen LogP contribution is -1.96. The molecule has 0 fully saturated rings. The standard InChI is InChI=1S/C8H14N2O/c1-6(3-4-11)8-5-9-7(2)10-8/h5-6,11H,3-4H2,1-2H3,(H,9,10). The monoisotopic (exact) mass is 154 g/mol. The fourth-order valence-electron chi connectivity index (χ4n) is 1.04. The fraction of sp³-hybridized carbons (Fsp3) is 0.625. The molecule has 3 heteroatoms. The van der Waals surface area contributed by atoms with Crippen LogP contribution in [0.3, 0.4) is 0 Å². The van der Waals surface area contributed by atoms with Crippen molar-refractivity contribution in [3.63, 3.8) is 0 Å². The molecule has 0 spiro atoms. The predicted octanol–water partition coefficient (Wildman–Crippen LogP) is 1.20. The van der Waals surface area contributed by atoms with Crippen LogP contribution in [-0.2, 0) is 0 Å². The Morgan fingerprint density at radius 1 is 1.73 bits per heavy atom. The molecule has 0 radical (unpaired) electrons. The topological polar surface area (TPSA) is 48.9 Å². The quantitative estimate of drug-likeness (QED) is 0.687. The van der Waals surface area contributed by atoms with Gasteiger partial charge in [-0.3, -0.25) is 0 Å². The van der Waals surface area contributed by atoms with Crippen LogP contribution in [0.5, 0.6) is 0 Å². The predicted molar refractivity (Wildman–Crippen MR) is 43.4 cm³/mol. The Morgan fingerprint density at radius 3 is 2.91 bits per heavy atom. The molecule has 1 atom stereocenters. The van der Waals surface area contributed by atoms with Gasteiger partial charge in [0.1, 0.15) is 5.82 Å². The van der Waals surface area contributed by atoms with Gasteiger partial charge < -0.3 is 10.1 Å². The largest absolute Gasteiger partial charge is 0.396 e. The van der Waals surface area contributed by atoms with E-state index in [2.05, 4.69) is 16.9 Å². The van der Waals surface area contributed by atoms with Gasteiger partial charge in [0, 0.05) is 18.5 Å². The molecule has 1 heterocycles.